The third kappa shape index (κ3) is 2.71. The summed E-state index contributed by atoms with van der Waals surface area (Å²) in [5.41, 5.74) is 0. The number of pyridine rings is 1. The molecule has 0 aliphatic rings. The second-order valence-electron chi connectivity index (χ2n) is 3.35. The van der Waals surface area contributed by atoms with Gasteiger partial charge in [0.05, 0.1) is 11.6 Å². The average Bonchev–Trinajstić information content (AvgIpc) is 2.63. The van der Waals surface area contributed by atoms with Crippen molar-refractivity contribution in [2.75, 3.05) is 5.32 Å². The number of anilines is 1. The molecular weight excluding hydrogens is 247 g/mol. The Bertz CT molecular complexity index is 498. The van der Waals surface area contributed by atoms with Crippen LogP contribution < -0.4 is 5.32 Å². The van der Waals surface area contributed by atoms with Crippen molar-refractivity contribution in [1.29, 1.82) is 0 Å². The first-order valence-electron chi connectivity index (χ1n) is 4.75. The van der Waals surface area contributed by atoms with Gasteiger partial charge < -0.3 is 5.32 Å². The quantitative estimate of drug-likeness (QED) is 0.902. The SMILES string of the molecule is Cc1ccc(CNc2ncc(Cl)cc2F)s1. The standard InChI is InChI=1S/C11H10ClFN2S/c1-7-2-3-9(16-7)6-15-11-10(13)4-8(12)5-14-11/h2-5H,6H2,1H3,(H,14,15). The summed E-state index contributed by atoms with van der Waals surface area (Å²) in [6.07, 6.45) is 1.42. The molecule has 0 saturated heterocycles. The molecule has 16 heavy (non-hydrogen) atoms. The summed E-state index contributed by atoms with van der Waals surface area (Å²) in [7, 11) is 0. The zero-order valence-electron chi connectivity index (χ0n) is 8.63. The molecule has 0 atom stereocenters. The van der Waals surface area contributed by atoms with Gasteiger partial charge >= 0.3 is 0 Å². The molecule has 0 bridgehead atoms. The van der Waals surface area contributed by atoms with E-state index in [1.807, 2.05) is 19.1 Å². The highest BCUT2D eigenvalue weighted by atomic mass is 35.5. The number of halogens is 2. The molecule has 2 nitrogen and oxygen atoms in total. The zero-order chi connectivity index (χ0) is 11.5. The first kappa shape index (κ1) is 11.4. The molecule has 0 aromatic carbocycles. The van der Waals surface area contributed by atoms with E-state index in [4.69, 9.17) is 11.6 Å². The normalized spacial score (nSPS) is 10.4. The predicted octanol–water partition coefficient (Wildman–Crippen LogP) is 3.86. The minimum Gasteiger partial charge on any atom is -0.363 e. The minimum absolute atomic E-state index is 0.232. The van der Waals surface area contributed by atoms with E-state index in [0.717, 1.165) is 4.88 Å². The fourth-order valence-electron chi connectivity index (χ4n) is 1.30. The van der Waals surface area contributed by atoms with Gasteiger partial charge in [-0.05, 0) is 25.1 Å². The first-order valence-corrected chi connectivity index (χ1v) is 5.95. The highest BCUT2D eigenvalue weighted by molar-refractivity contribution is 7.11. The molecule has 2 rings (SSSR count). The lowest BCUT2D eigenvalue weighted by atomic mass is 10.4. The summed E-state index contributed by atoms with van der Waals surface area (Å²) >= 11 is 7.29. The highest BCUT2D eigenvalue weighted by Gasteiger charge is 2.04. The van der Waals surface area contributed by atoms with E-state index < -0.39 is 5.82 Å². The highest BCUT2D eigenvalue weighted by Crippen LogP contribution is 2.19. The van der Waals surface area contributed by atoms with Crippen LogP contribution >= 0.6 is 22.9 Å². The van der Waals surface area contributed by atoms with Crippen molar-refractivity contribution in [1.82, 2.24) is 4.98 Å². The third-order valence-corrected chi connectivity index (χ3v) is 3.24. The number of aromatic nitrogens is 1. The smallest absolute Gasteiger partial charge is 0.166 e. The van der Waals surface area contributed by atoms with E-state index in [1.54, 1.807) is 11.3 Å². The maximum Gasteiger partial charge on any atom is 0.166 e. The maximum absolute atomic E-state index is 13.4. The van der Waals surface area contributed by atoms with Crippen molar-refractivity contribution >= 4 is 28.8 Å². The van der Waals surface area contributed by atoms with Crippen molar-refractivity contribution in [3.63, 3.8) is 0 Å². The molecule has 1 N–H and O–H groups in total. The van der Waals surface area contributed by atoms with Crippen LogP contribution in [-0.4, -0.2) is 4.98 Å². The van der Waals surface area contributed by atoms with Crippen LogP contribution in [0.5, 0.6) is 0 Å². The zero-order valence-corrected chi connectivity index (χ0v) is 10.2. The second kappa shape index (κ2) is 4.80. The summed E-state index contributed by atoms with van der Waals surface area (Å²) in [6.45, 7) is 2.61. The molecule has 0 saturated carbocycles. The topological polar surface area (TPSA) is 24.9 Å². The Balaban J connectivity index is 2.04. The molecule has 0 amide bonds. The maximum atomic E-state index is 13.4. The number of rotatable bonds is 3. The van der Waals surface area contributed by atoms with Crippen LogP contribution in [0.1, 0.15) is 9.75 Å². The Morgan fingerprint density at radius 2 is 2.31 bits per heavy atom. The number of nitrogens with zero attached hydrogens (tertiary/aromatic N) is 1. The van der Waals surface area contributed by atoms with E-state index in [0.29, 0.717) is 11.6 Å². The lowest BCUT2D eigenvalue weighted by Gasteiger charge is -2.04. The fraction of sp³-hybridized carbons (Fsp3) is 0.182. The minimum atomic E-state index is -0.430. The summed E-state index contributed by atoms with van der Waals surface area (Å²) in [5.74, 6) is -0.198. The van der Waals surface area contributed by atoms with Crippen molar-refractivity contribution in [2.45, 2.75) is 13.5 Å². The van der Waals surface area contributed by atoms with Gasteiger partial charge in [0.25, 0.3) is 0 Å². The van der Waals surface area contributed by atoms with Crippen LogP contribution in [0.2, 0.25) is 5.02 Å². The van der Waals surface area contributed by atoms with Crippen LogP contribution in [0.3, 0.4) is 0 Å². The number of hydrogen-bond acceptors (Lipinski definition) is 3. The molecule has 84 valence electrons. The molecule has 2 heterocycles. The van der Waals surface area contributed by atoms with Crippen molar-refractivity contribution in [3.8, 4) is 0 Å². The Morgan fingerprint density at radius 3 is 2.94 bits per heavy atom. The summed E-state index contributed by atoms with van der Waals surface area (Å²) in [6, 6.07) is 5.30. The molecule has 0 radical (unpaired) electrons. The molecule has 2 aromatic rings. The van der Waals surface area contributed by atoms with Gasteiger partial charge in [0.15, 0.2) is 11.6 Å². The van der Waals surface area contributed by atoms with Gasteiger partial charge in [-0.2, -0.15) is 0 Å². The Kier molecular flexibility index (Phi) is 3.41. The number of hydrogen-bond donors (Lipinski definition) is 1. The lowest BCUT2D eigenvalue weighted by Crippen LogP contribution is -2.02. The van der Waals surface area contributed by atoms with Crippen molar-refractivity contribution < 1.29 is 4.39 Å². The fourth-order valence-corrected chi connectivity index (χ4v) is 2.27. The predicted molar refractivity (Wildman–Crippen MR) is 65.6 cm³/mol. The van der Waals surface area contributed by atoms with E-state index in [-0.39, 0.29) is 5.82 Å². The summed E-state index contributed by atoms with van der Waals surface area (Å²) in [4.78, 5) is 6.27. The lowest BCUT2D eigenvalue weighted by molar-refractivity contribution is 0.624. The number of nitrogens with one attached hydrogen (secondary N) is 1. The first-order chi connectivity index (χ1) is 7.65. The largest absolute Gasteiger partial charge is 0.363 e. The molecule has 0 fully saturated rings. The number of thiophene rings is 1. The van der Waals surface area contributed by atoms with Crippen LogP contribution in [0.25, 0.3) is 0 Å². The van der Waals surface area contributed by atoms with E-state index in [2.05, 4.69) is 10.3 Å². The van der Waals surface area contributed by atoms with Crippen LogP contribution in [-0.2, 0) is 6.54 Å². The summed E-state index contributed by atoms with van der Waals surface area (Å²) < 4.78 is 13.4. The molecule has 0 unspecified atom stereocenters. The van der Waals surface area contributed by atoms with E-state index in [9.17, 15) is 4.39 Å². The molecular formula is C11H10ClFN2S. The molecule has 0 aliphatic heterocycles. The number of aryl methyl sites for hydroxylation is 1. The van der Waals surface area contributed by atoms with Crippen LogP contribution in [0, 0.1) is 12.7 Å². The second-order valence-corrected chi connectivity index (χ2v) is 5.16. The van der Waals surface area contributed by atoms with Gasteiger partial charge in [-0.1, -0.05) is 11.6 Å². The van der Waals surface area contributed by atoms with Gasteiger partial charge in [0.1, 0.15) is 0 Å². The molecule has 2 aromatic heterocycles. The van der Waals surface area contributed by atoms with Gasteiger partial charge in [-0.3, -0.25) is 0 Å². The summed E-state index contributed by atoms with van der Waals surface area (Å²) in [5, 5.41) is 3.24. The van der Waals surface area contributed by atoms with Gasteiger partial charge in [0.2, 0.25) is 0 Å². The Hall–Kier alpha value is -1.13. The van der Waals surface area contributed by atoms with Crippen LogP contribution in [0.4, 0.5) is 10.2 Å². The monoisotopic (exact) mass is 256 g/mol. The van der Waals surface area contributed by atoms with Gasteiger partial charge in [-0.15, -0.1) is 11.3 Å². The van der Waals surface area contributed by atoms with E-state index in [1.165, 1.54) is 17.1 Å². The molecule has 0 spiro atoms. The third-order valence-electron chi connectivity index (χ3n) is 2.03. The van der Waals surface area contributed by atoms with Gasteiger partial charge in [-0.25, -0.2) is 9.37 Å². The van der Waals surface area contributed by atoms with Gasteiger partial charge in [0, 0.05) is 16.0 Å². The molecule has 0 aliphatic carbocycles. The average molecular weight is 257 g/mol. The van der Waals surface area contributed by atoms with Crippen molar-refractivity contribution in [3.05, 3.63) is 45.0 Å². The van der Waals surface area contributed by atoms with Crippen LogP contribution in [0.15, 0.2) is 24.4 Å². The van der Waals surface area contributed by atoms with Crippen molar-refractivity contribution in [2.24, 2.45) is 0 Å². The van der Waals surface area contributed by atoms with E-state index >= 15 is 0 Å². The Morgan fingerprint density at radius 1 is 1.50 bits per heavy atom. The Labute approximate surface area is 102 Å². The molecule has 5 heteroatoms.